The molecule has 1 saturated heterocycles. The van der Waals surface area contributed by atoms with Crippen molar-refractivity contribution in [1.29, 1.82) is 0 Å². The van der Waals surface area contributed by atoms with Crippen molar-refractivity contribution >= 4 is 29.1 Å². The van der Waals surface area contributed by atoms with E-state index >= 15 is 0 Å². The van der Waals surface area contributed by atoms with Gasteiger partial charge in [-0.2, -0.15) is 18.3 Å². The van der Waals surface area contributed by atoms with E-state index in [1.165, 1.54) is 0 Å². The van der Waals surface area contributed by atoms with E-state index in [2.05, 4.69) is 10.00 Å². The third-order valence-electron chi connectivity index (χ3n) is 6.08. The molecule has 1 aliphatic heterocycles. The Morgan fingerprint density at radius 1 is 1.03 bits per heavy atom. The summed E-state index contributed by atoms with van der Waals surface area (Å²) in [4.78, 5) is 13.1. The number of carboxylic acids is 1. The van der Waals surface area contributed by atoms with Crippen LogP contribution in [-0.2, 0) is 24.1 Å². The zero-order chi connectivity index (χ0) is 24.6. The molecular formula is C26H23ClF3N3O3. The number of alkyl halides is 3. The highest BCUT2D eigenvalue weighted by atomic mass is 35.5. The molecule has 0 radical (unpaired) electrons. The highest BCUT2D eigenvalue weighted by molar-refractivity contribution is 5.87. The van der Waals surface area contributed by atoms with Crippen LogP contribution in [0.4, 0.5) is 13.2 Å². The van der Waals surface area contributed by atoms with E-state index in [1.54, 1.807) is 36.4 Å². The van der Waals surface area contributed by atoms with Gasteiger partial charge in [-0.25, -0.2) is 4.68 Å². The number of hydrogen-bond donors (Lipinski definition) is 1. The minimum atomic E-state index is -4.55. The third kappa shape index (κ3) is 5.32. The number of nitrogens with zero attached hydrogens (tertiary/aromatic N) is 3. The molecule has 10 heteroatoms. The first-order valence-electron chi connectivity index (χ1n) is 11.1. The van der Waals surface area contributed by atoms with Crippen LogP contribution in [0.3, 0.4) is 0 Å². The molecule has 0 bridgehead atoms. The summed E-state index contributed by atoms with van der Waals surface area (Å²) in [5.41, 5.74) is 0.706. The Morgan fingerprint density at radius 2 is 1.78 bits per heavy atom. The van der Waals surface area contributed by atoms with Gasteiger partial charge >= 0.3 is 12.1 Å². The average Bonchev–Trinajstić information content (AvgIpc) is 3.25. The zero-order valence-corrected chi connectivity index (χ0v) is 19.8. The lowest BCUT2D eigenvalue weighted by Crippen LogP contribution is -2.49. The van der Waals surface area contributed by atoms with Gasteiger partial charge in [-0.3, -0.25) is 9.69 Å². The third-order valence-corrected chi connectivity index (χ3v) is 6.08. The fourth-order valence-electron chi connectivity index (χ4n) is 4.28. The largest absolute Gasteiger partial charge is 0.487 e. The van der Waals surface area contributed by atoms with E-state index in [9.17, 15) is 18.0 Å². The Kier molecular flexibility index (Phi) is 7.23. The Morgan fingerprint density at radius 3 is 2.47 bits per heavy atom. The lowest BCUT2D eigenvalue weighted by molar-refractivity contribution is -0.147. The normalized spacial score (nSPS) is 14.3. The number of fused-ring (bicyclic) bond motifs is 1. The first-order valence-corrected chi connectivity index (χ1v) is 11.1. The second kappa shape index (κ2) is 10.2. The molecule has 6 nitrogen and oxygen atoms in total. The minimum Gasteiger partial charge on any atom is -0.487 e. The van der Waals surface area contributed by atoms with Gasteiger partial charge in [0.25, 0.3) is 0 Å². The summed E-state index contributed by atoms with van der Waals surface area (Å²) in [7, 11) is 0. The number of aliphatic carboxylic acids is 1. The van der Waals surface area contributed by atoms with E-state index < -0.39 is 17.8 Å². The predicted octanol–water partition coefficient (Wildman–Crippen LogP) is 5.56. The smallest absolute Gasteiger partial charge is 0.433 e. The second-order valence-corrected chi connectivity index (χ2v) is 8.58. The topological polar surface area (TPSA) is 67.6 Å². The molecule has 0 aliphatic carbocycles. The molecule has 36 heavy (non-hydrogen) atoms. The van der Waals surface area contributed by atoms with Gasteiger partial charge in [-0.15, -0.1) is 12.4 Å². The SMILES string of the molecule is Cl.O=C(O)C1CN(Cc2cccc3cc(OCc4cc(C(F)(F)F)n(-c5ccccc5)n4)ccc23)C1. The fourth-order valence-corrected chi connectivity index (χ4v) is 4.28. The first-order chi connectivity index (χ1) is 16.8. The molecule has 0 atom stereocenters. The Balaban J connectivity index is 0.00000304. The van der Waals surface area contributed by atoms with Crippen LogP contribution >= 0.6 is 12.4 Å². The summed E-state index contributed by atoms with van der Waals surface area (Å²) >= 11 is 0. The zero-order valence-electron chi connectivity index (χ0n) is 19.0. The van der Waals surface area contributed by atoms with Crippen LogP contribution in [-0.4, -0.2) is 38.8 Å². The predicted molar refractivity (Wildman–Crippen MR) is 130 cm³/mol. The Hall–Kier alpha value is -3.56. The van der Waals surface area contributed by atoms with Crippen LogP contribution in [0.2, 0.25) is 0 Å². The summed E-state index contributed by atoms with van der Waals surface area (Å²) in [6.07, 6.45) is -4.55. The van der Waals surface area contributed by atoms with E-state index in [1.807, 2.05) is 30.3 Å². The molecule has 0 amide bonds. The number of hydrogen-bond acceptors (Lipinski definition) is 4. The summed E-state index contributed by atoms with van der Waals surface area (Å²) in [5, 5.41) is 15.1. The summed E-state index contributed by atoms with van der Waals surface area (Å²) in [5.74, 6) is -0.558. The quantitative estimate of drug-likeness (QED) is 0.347. The number of benzene rings is 3. The molecule has 5 rings (SSSR count). The molecule has 4 aromatic rings. The molecule has 3 aromatic carbocycles. The number of para-hydroxylation sites is 1. The van der Waals surface area contributed by atoms with Crippen molar-refractivity contribution in [3.8, 4) is 11.4 Å². The highest BCUT2D eigenvalue weighted by Gasteiger charge is 2.36. The first kappa shape index (κ1) is 25.5. The van der Waals surface area contributed by atoms with E-state index in [4.69, 9.17) is 9.84 Å². The highest BCUT2D eigenvalue weighted by Crippen LogP contribution is 2.32. The summed E-state index contributed by atoms with van der Waals surface area (Å²) < 4.78 is 47.4. The number of rotatable bonds is 7. The standard InChI is InChI=1S/C26H22F3N3O3.ClH/c27-26(28,29)24-12-20(30-32(24)21-7-2-1-3-8-21)16-35-22-9-10-23-17(11-22)5-4-6-18(23)13-31-14-19(15-31)25(33)34;/h1-12,19H,13-16H2,(H,33,34);1H. The maximum Gasteiger partial charge on any atom is 0.433 e. The Bertz CT molecular complexity index is 1370. The van der Waals surface area contributed by atoms with Crippen LogP contribution in [0.1, 0.15) is 17.0 Å². The van der Waals surface area contributed by atoms with Crippen molar-refractivity contribution in [2.24, 2.45) is 5.92 Å². The molecule has 0 spiro atoms. The van der Waals surface area contributed by atoms with Crippen molar-refractivity contribution in [2.45, 2.75) is 19.3 Å². The Labute approximate surface area is 211 Å². The maximum absolute atomic E-state index is 13.6. The number of carbonyl (C=O) groups is 1. The number of ether oxygens (including phenoxy) is 1. The van der Waals surface area contributed by atoms with Crippen LogP contribution in [0.25, 0.3) is 16.5 Å². The molecule has 1 aromatic heterocycles. The number of likely N-dealkylation sites (tertiary alicyclic amines) is 1. The van der Waals surface area contributed by atoms with Crippen molar-refractivity contribution in [2.75, 3.05) is 13.1 Å². The van der Waals surface area contributed by atoms with Crippen LogP contribution in [0, 0.1) is 5.92 Å². The summed E-state index contributed by atoms with van der Waals surface area (Å²) in [6, 6.07) is 20.6. The van der Waals surface area contributed by atoms with Gasteiger partial charge in [0.15, 0.2) is 0 Å². The van der Waals surface area contributed by atoms with Gasteiger partial charge in [0.2, 0.25) is 0 Å². The van der Waals surface area contributed by atoms with Crippen LogP contribution < -0.4 is 4.74 Å². The van der Waals surface area contributed by atoms with Crippen LogP contribution in [0.5, 0.6) is 5.75 Å². The van der Waals surface area contributed by atoms with Gasteiger partial charge < -0.3 is 9.84 Å². The second-order valence-electron chi connectivity index (χ2n) is 8.58. The molecule has 1 fully saturated rings. The number of aromatic nitrogens is 2. The van der Waals surface area contributed by atoms with Crippen LogP contribution in [0.15, 0.2) is 72.8 Å². The van der Waals surface area contributed by atoms with Gasteiger partial charge in [0, 0.05) is 19.6 Å². The molecule has 188 valence electrons. The minimum absolute atomic E-state index is 0. The van der Waals surface area contributed by atoms with Gasteiger partial charge in [0.05, 0.1) is 11.6 Å². The van der Waals surface area contributed by atoms with E-state index in [0.29, 0.717) is 31.1 Å². The molecule has 2 heterocycles. The van der Waals surface area contributed by atoms with Crippen molar-refractivity contribution in [3.63, 3.8) is 0 Å². The van der Waals surface area contributed by atoms with Crippen molar-refractivity contribution in [3.05, 3.63) is 89.7 Å². The number of halogens is 4. The average molecular weight is 518 g/mol. The lowest BCUT2D eigenvalue weighted by atomic mass is 9.97. The molecule has 0 unspecified atom stereocenters. The molecule has 0 saturated carbocycles. The number of carboxylic acid groups (broad SMARTS) is 1. The molecule has 1 aliphatic rings. The molecular weight excluding hydrogens is 495 g/mol. The maximum atomic E-state index is 13.6. The van der Waals surface area contributed by atoms with Crippen molar-refractivity contribution in [1.82, 2.24) is 14.7 Å². The summed E-state index contributed by atoms with van der Waals surface area (Å²) in [6.45, 7) is 1.60. The fraction of sp³-hybridized carbons (Fsp3) is 0.231. The monoisotopic (exact) mass is 517 g/mol. The van der Waals surface area contributed by atoms with Crippen molar-refractivity contribution < 1.29 is 27.8 Å². The lowest BCUT2D eigenvalue weighted by Gasteiger charge is -2.36. The van der Waals surface area contributed by atoms with Gasteiger partial charge in [0.1, 0.15) is 23.7 Å². The van der Waals surface area contributed by atoms with Gasteiger partial charge in [-0.1, -0.05) is 42.5 Å². The van der Waals surface area contributed by atoms with Gasteiger partial charge in [-0.05, 0) is 46.7 Å². The van der Waals surface area contributed by atoms with E-state index in [-0.39, 0.29) is 30.6 Å². The molecule has 1 N–H and O–H groups in total. The van der Waals surface area contributed by atoms with E-state index in [0.717, 1.165) is 27.1 Å².